The van der Waals surface area contributed by atoms with Gasteiger partial charge in [-0.25, -0.2) is 0 Å². The van der Waals surface area contributed by atoms with E-state index < -0.39 is 6.10 Å². The monoisotopic (exact) mass is 241 g/mol. The fraction of sp³-hybridized carbons (Fsp3) is 0.500. The average Bonchev–Trinajstić information content (AvgIpc) is 2.36. The van der Waals surface area contributed by atoms with Crippen LogP contribution in [-0.4, -0.2) is 43.7 Å². The van der Waals surface area contributed by atoms with Gasteiger partial charge in [0.05, 0.1) is 13.7 Å². The molecule has 0 saturated heterocycles. The third-order valence-corrected chi connectivity index (χ3v) is 2.28. The predicted molar refractivity (Wildman–Crippen MR) is 64.3 cm³/mol. The first-order valence-corrected chi connectivity index (χ1v) is 5.45. The Labute approximate surface area is 101 Å². The Balaban J connectivity index is 2.84. The summed E-state index contributed by atoms with van der Waals surface area (Å²) in [6.07, 6.45) is -0.887. The topological polar surface area (TPSA) is 71.0 Å². The molecular weight excluding hydrogens is 222 g/mol. The SMILES string of the molecule is CNCc1cccc(OC)c1OCC(O)CO. The van der Waals surface area contributed by atoms with Crippen LogP contribution in [0.5, 0.6) is 11.5 Å². The van der Waals surface area contributed by atoms with Crippen LogP contribution in [0.3, 0.4) is 0 Å². The molecule has 0 aliphatic rings. The minimum Gasteiger partial charge on any atom is -0.493 e. The number of aliphatic hydroxyl groups is 2. The maximum atomic E-state index is 9.27. The molecule has 0 amide bonds. The molecule has 1 aromatic carbocycles. The largest absolute Gasteiger partial charge is 0.493 e. The van der Waals surface area contributed by atoms with Gasteiger partial charge in [-0.2, -0.15) is 0 Å². The second kappa shape index (κ2) is 7.11. The molecular formula is C12H19NO4. The Hall–Kier alpha value is -1.30. The summed E-state index contributed by atoms with van der Waals surface area (Å²) in [6.45, 7) is 0.353. The van der Waals surface area contributed by atoms with E-state index in [2.05, 4.69) is 5.32 Å². The van der Waals surface area contributed by atoms with Gasteiger partial charge in [0.2, 0.25) is 0 Å². The van der Waals surface area contributed by atoms with Crippen LogP contribution >= 0.6 is 0 Å². The standard InChI is InChI=1S/C12H19NO4/c1-13-6-9-4-3-5-11(16-2)12(9)17-8-10(15)7-14/h3-5,10,13-15H,6-8H2,1-2H3. The molecule has 1 atom stereocenters. The summed E-state index contributed by atoms with van der Waals surface area (Å²) >= 11 is 0. The molecule has 0 fully saturated rings. The summed E-state index contributed by atoms with van der Waals surface area (Å²) in [5, 5.41) is 21.0. The lowest BCUT2D eigenvalue weighted by Gasteiger charge is -2.16. The van der Waals surface area contributed by atoms with E-state index in [4.69, 9.17) is 14.6 Å². The number of para-hydroxylation sites is 1. The van der Waals surface area contributed by atoms with Crippen molar-refractivity contribution in [1.82, 2.24) is 5.32 Å². The number of hydrogen-bond acceptors (Lipinski definition) is 5. The molecule has 0 bridgehead atoms. The van der Waals surface area contributed by atoms with Gasteiger partial charge >= 0.3 is 0 Å². The van der Waals surface area contributed by atoms with Crippen molar-refractivity contribution in [2.45, 2.75) is 12.6 Å². The van der Waals surface area contributed by atoms with E-state index in [0.717, 1.165) is 5.56 Å². The zero-order chi connectivity index (χ0) is 12.7. The molecule has 1 unspecified atom stereocenters. The Morgan fingerprint density at radius 1 is 1.41 bits per heavy atom. The molecule has 5 heteroatoms. The van der Waals surface area contributed by atoms with Gasteiger partial charge in [0.1, 0.15) is 12.7 Å². The smallest absolute Gasteiger partial charge is 0.165 e. The highest BCUT2D eigenvalue weighted by molar-refractivity contribution is 5.46. The van der Waals surface area contributed by atoms with Gasteiger partial charge in [0.15, 0.2) is 11.5 Å². The molecule has 0 radical (unpaired) electrons. The van der Waals surface area contributed by atoms with Crippen LogP contribution in [0.4, 0.5) is 0 Å². The number of hydrogen-bond donors (Lipinski definition) is 3. The van der Waals surface area contributed by atoms with Crippen LogP contribution in [0, 0.1) is 0 Å². The molecule has 0 aromatic heterocycles. The molecule has 0 aliphatic carbocycles. The van der Waals surface area contributed by atoms with Crippen molar-refractivity contribution in [3.8, 4) is 11.5 Å². The zero-order valence-electron chi connectivity index (χ0n) is 10.1. The molecule has 0 spiro atoms. The Morgan fingerprint density at radius 2 is 2.18 bits per heavy atom. The van der Waals surface area contributed by atoms with Gasteiger partial charge in [-0.3, -0.25) is 0 Å². The summed E-state index contributed by atoms with van der Waals surface area (Å²) in [6, 6.07) is 5.58. The number of nitrogens with one attached hydrogen (secondary N) is 1. The van der Waals surface area contributed by atoms with E-state index in [0.29, 0.717) is 18.0 Å². The highest BCUT2D eigenvalue weighted by Gasteiger charge is 2.12. The van der Waals surface area contributed by atoms with Crippen molar-refractivity contribution >= 4 is 0 Å². The first-order valence-electron chi connectivity index (χ1n) is 5.45. The van der Waals surface area contributed by atoms with Crippen molar-refractivity contribution in [1.29, 1.82) is 0 Å². The van der Waals surface area contributed by atoms with Crippen LogP contribution in [0.15, 0.2) is 18.2 Å². The van der Waals surface area contributed by atoms with E-state index in [1.54, 1.807) is 13.2 Å². The lowest BCUT2D eigenvalue weighted by Crippen LogP contribution is -2.22. The second-order valence-corrected chi connectivity index (χ2v) is 3.63. The fourth-order valence-electron chi connectivity index (χ4n) is 1.45. The van der Waals surface area contributed by atoms with Crippen molar-refractivity contribution in [3.05, 3.63) is 23.8 Å². The molecule has 96 valence electrons. The Morgan fingerprint density at radius 3 is 2.76 bits per heavy atom. The van der Waals surface area contributed by atoms with E-state index in [-0.39, 0.29) is 13.2 Å². The molecule has 0 aliphatic heterocycles. The third-order valence-electron chi connectivity index (χ3n) is 2.28. The second-order valence-electron chi connectivity index (χ2n) is 3.63. The maximum Gasteiger partial charge on any atom is 0.165 e. The highest BCUT2D eigenvalue weighted by atomic mass is 16.5. The molecule has 0 heterocycles. The Bertz CT molecular complexity index is 343. The molecule has 3 N–H and O–H groups in total. The maximum absolute atomic E-state index is 9.27. The number of aliphatic hydroxyl groups excluding tert-OH is 2. The minimum absolute atomic E-state index is 0.0353. The van der Waals surface area contributed by atoms with Crippen LogP contribution < -0.4 is 14.8 Å². The quantitative estimate of drug-likeness (QED) is 0.633. The van der Waals surface area contributed by atoms with E-state index in [9.17, 15) is 5.11 Å². The molecule has 1 aromatic rings. The van der Waals surface area contributed by atoms with E-state index in [1.807, 2.05) is 19.2 Å². The molecule has 0 saturated carbocycles. The van der Waals surface area contributed by atoms with Crippen LogP contribution in [0.1, 0.15) is 5.56 Å². The molecule has 17 heavy (non-hydrogen) atoms. The first kappa shape index (κ1) is 13.8. The molecule has 1 rings (SSSR count). The van der Waals surface area contributed by atoms with Gasteiger partial charge in [-0.15, -0.1) is 0 Å². The fourth-order valence-corrected chi connectivity index (χ4v) is 1.45. The lowest BCUT2D eigenvalue weighted by atomic mass is 10.2. The van der Waals surface area contributed by atoms with Gasteiger partial charge in [0, 0.05) is 12.1 Å². The number of methoxy groups -OCH3 is 1. The van der Waals surface area contributed by atoms with Gasteiger partial charge in [-0.05, 0) is 13.1 Å². The number of ether oxygens (including phenoxy) is 2. The normalized spacial score (nSPS) is 12.2. The summed E-state index contributed by atoms with van der Waals surface area (Å²) in [5.74, 6) is 1.21. The van der Waals surface area contributed by atoms with E-state index >= 15 is 0 Å². The zero-order valence-corrected chi connectivity index (χ0v) is 10.1. The van der Waals surface area contributed by atoms with Crippen molar-refractivity contribution < 1.29 is 19.7 Å². The molecule has 5 nitrogen and oxygen atoms in total. The summed E-state index contributed by atoms with van der Waals surface area (Å²) in [7, 11) is 3.40. The van der Waals surface area contributed by atoms with Crippen molar-refractivity contribution in [3.63, 3.8) is 0 Å². The third kappa shape index (κ3) is 3.89. The van der Waals surface area contributed by atoms with Gasteiger partial charge in [-0.1, -0.05) is 12.1 Å². The highest BCUT2D eigenvalue weighted by Crippen LogP contribution is 2.31. The predicted octanol–water partition coefficient (Wildman–Crippen LogP) is 0.147. The van der Waals surface area contributed by atoms with E-state index in [1.165, 1.54) is 0 Å². The first-order chi connectivity index (χ1) is 8.22. The average molecular weight is 241 g/mol. The lowest BCUT2D eigenvalue weighted by molar-refractivity contribution is 0.0524. The Kier molecular flexibility index (Phi) is 5.76. The van der Waals surface area contributed by atoms with Crippen LogP contribution in [0.2, 0.25) is 0 Å². The summed E-state index contributed by atoms with van der Waals surface area (Å²) < 4.78 is 10.7. The van der Waals surface area contributed by atoms with Crippen molar-refractivity contribution in [2.24, 2.45) is 0 Å². The number of benzene rings is 1. The van der Waals surface area contributed by atoms with Crippen LogP contribution in [0.25, 0.3) is 0 Å². The summed E-state index contributed by atoms with van der Waals surface area (Å²) in [5.41, 5.74) is 0.942. The van der Waals surface area contributed by atoms with Gasteiger partial charge in [0.25, 0.3) is 0 Å². The van der Waals surface area contributed by atoms with Crippen LogP contribution in [-0.2, 0) is 6.54 Å². The van der Waals surface area contributed by atoms with Crippen molar-refractivity contribution in [2.75, 3.05) is 27.4 Å². The number of rotatable bonds is 7. The van der Waals surface area contributed by atoms with Gasteiger partial charge < -0.3 is 25.0 Å². The summed E-state index contributed by atoms with van der Waals surface area (Å²) in [4.78, 5) is 0. The minimum atomic E-state index is -0.887.